The number of amides is 2. The predicted molar refractivity (Wildman–Crippen MR) is 116 cm³/mol. The fourth-order valence-electron chi connectivity index (χ4n) is 3.09. The molecule has 1 unspecified atom stereocenters. The highest BCUT2D eigenvalue weighted by atomic mass is 32.2. The molecule has 3 N–H and O–H groups in total. The maximum atomic E-state index is 12.6. The first kappa shape index (κ1) is 27.3. The van der Waals surface area contributed by atoms with Crippen molar-refractivity contribution in [1.82, 2.24) is 30.7 Å². The Labute approximate surface area is 187 Å². The summed E-state index contributed by atoms with van der Waals surface area (Å²) < 4.78 is 25.2. The molecule has 1 aromatic heterocycles. The number of H-pyrrole nitrogens is 1. The molecule has 0 bridgehead atoms. The Morgan fingerprint density at radius 1 is 1.16 bits per heavy atom. The van der Waals surface area contributed by atoms with Crippen LogP contribution in [0.2, 0.25) is 0 Å². The fourth-order valence-corrected chi connectivity index (χ4v) is 4.08. The second-order valence-electron chi connectivity index (χ2n) is 8.44. The van der Waals surface area contributed by atoms with Crippen molar-refractivity contribution in [2.45, 2.75) is 59.3 Å². The zero-order chi connectivity index (χ0) is 23.3. The molecule has 1 aromatic rings. The Bertz CT molecular complexity index is 656. The number of aromatic nitrogens is 4. The highest BCUT2D eigenvalue weighted by Gasteiger charge is 2.39. The van der Waals surface area contributed by atoms with Gasteiger partial charge in [0.2, 0.25) is 5.91 Å². The van der Waals surface area contributed by atoms with Crippen molar-refractivity contribution in [1.29, 1.82) is 0 Å². The number of rotatable bonds is 16. The average molecular weight is 461 g/mol. The molecule has 2 amide bonds. The number of tetrazole rings is 1. The summed E-state index contributed by atoms with van der Waals surface area (Å²) in [7, 11) is 0. The van der Waals surface area contributed by atoms with Gasteiger partial charge in [-0.15, -0.1) is 5.10 Å². The summed E-state index contributed by atoms with van der Waals surface area (Å²) in [6, 6.07) is 0. The van der Waals surface area contributed by atoms with Crippen LogP contribution < -0.4 is 10.0 Å². The lowest BCUT2D eigenvalue weighted by Crippen LogP contribution is -2.44. The molecule has 31 heavy (non-hydrogen) atoms. The molecule has 0 saturated carbocycles. The van der Waals surface area contributed by atoms with Crippen LogP contribution >= 0.6 is 0 Å². The molecule has 1 atom stereocenters. The Hall–Kier alpha value is -1.76. The van der Waals surface area contributed by atoms with Gasteiger partial charge >= 0.3 is 0 Å². The van der Waals surface area contributed by atoms with E-state index >= 15 is 0 Å². The minimum Gasteiger partial charge on any atom is -0.593 e. The smallest absolute Gasteiger partial charge is 0.266 e. The quantitative estimate of drug-likeness (QED) is 0.240. The van der Waals surface area contributed by atoms with Gasteiger partial charge in [-0.05, 0) is 23.8 Å². The van der Waals surface area contributed by atoms with Crippen LogP contribution in [0.25, 0.3) is 0 Å². The third-order valence-corrected chi connectivity index (χ3v) is 5.64. The molecule has 0 aliphatic carbocycles. The van der Waals surface area contributed by atoms with E-state index in [2.05, 4.69) is 30.7 Å². The molecular weight excluding hydrogens is 424 g/mol. The monoisotopic (exact) mass is 460 g/mol. The van der Waals surface area contributed by atoms with Crippen molar-refractivity contribution in [3.8, 4) is 0 Å². The topological polar surface area (TPSA) is 154 Å². The van der Waals surface area contributed by atoms with E-state index in [4.69, 9.17) is 9.47 Å². The number of carbonyl (C=O) groups is 2. The fraction of sp³-hybridized carbons (Fsp3) is 0.842. The van der Waals surface area contributed by atoms with Gasteiger partial charge in [-0.3, -0.25) is 9.59 Å². The van der Waals surface area contributed by atoms with Crippen LogP contribution in [0.5, 0.6) is 0 Å². The van der Waals surface area contributed by atoms with Crippen molar-refractivity contribution >= 4 is 23.2 Å². The molecule has 0 fully saturated rings. The van der Waals surface area contributed by atoms with Gasteiger partial charge in [-0.1, -0.05) is 27.7 Å². The first-order valence-corrected chi connectivity index (χ1v) is 11.8. The Balaban J connectivity index is 2.25. The number of nitrogens with one attached hydrogen (secondary N) is 3. The summed E-state index contributed by atoms with van der Waals surface area (Å²) in [5.74, 6) is 0.329. The second-order valence-corrected chi connectivity index (χ2v) is 9.74. The van der Waals surface area contributed by atoms with Gasteiger partial charge in [-0.25, -0.2) is 5.10 Å². The van der Waals surface area contributed by atoms with Gasteiger partial charge in [0.05, 0.1) is 31.2 Å². The number of carbonyl (C=O) groups excluding carboxylic acids is 2. The van der Waals surface area contributed by atoms with Crippen LogP contribution in [0, 0.1) is 5.41 Å². The predicted octanol–water partition coefficient (Wildman–Crippen LogP) is 0.623. The molecule has 12 heteroatoms. The number of hydrogen-bond acceptors (Lipinski definition) is 8. The van der Waals surface area contributed by atoms with Crippen molar-refractivity contribution < 1.29 is 23.6 Å². The van der Waals surface area contributed by atoms with Crippen LogP contribution in [-0.2, 0) is 35.8 Å². The van der Waals surface area contributed by atoms with E-state index in [1.807, 2.05) is 20.8 Å². The summed E-state index contributed by atoms with van der Waals surface area (Å²) in [5.41, 5.74) is -1.25. The normalized spacial score (nSPS) is 13.1. The van der Waals surface area contributed by atoms with E-state index in [1.165, 1.54) is 0 Å². The lowest BCUT2D eigenvalue weighted by Gasteiger charge is -2.31. The Kier molecular flexibility index (Phi) is 12.0. The van der Waals surface area contributed by atoms with Crippen molar-refractivity contribution in [2.24, 2.45) is 5.41 Å². The van der Waals surface area contributed by atoms with E-state index in [0.717, 1.165) is 0 Å². The van der Waals surface area contributed by atoms with E-state index in [1.54, 1.807) is 13.8 Å². The summed E-state index contributed by atoms with van der Waals surface area (Å²) >= 11 is -1.56. The van der Waals surface area contributed by atoms with Crippen molar-refractivity contribution in [3.05, 3.63) is 5.82 Å². The third kappa shape index (κ3) is 10.9. The SMILES string of the molecule is CCOCCOCCNC(=O)CCC[S+]([O-])NC(=O)C(C)(C)CC(C)(C)c1nnn[nH]1. The van der Waals surface area contributed by atoms with Crippen LogP contribution in [0.15, 0.2) is 0 Å². The molecule has 0 aliphatic rings. The minimum absolute atomic E-state index is 0.139. The largest absolute Gasteiger partial charge is 0.593 e. The lowest BCUT2D eigenvalue weighted by atomic mass is 9.74. The van der Waals surface area contributed by atoms with Gasteiger partial charge in [-0.2, -0.15) is 4.72 Å². The summed E-state index contributed by atoms with van der Waals surface area (Å²) in [6.07, 6.45) is 1.09. The maximum absolute atomic E-state index is 12.6. The van der Waals surface area contributed by atoms with E-state index < -0.39 is 22.2 Å². The van der Waals surface area contributed by atoms with Crippen molar-refractivity contribution in [2.75, 3.05) is 38.7 Å². The van der Waals surface area contributed by atoms with Gasteiger partial charge in [0.15, 0.2) is 5.82 Å². The molecule has 0 spiro atoms. The lowest BCUT2D eigenvalue weighted by molar-refractivity contribution is -0.128. The van der Waals surface area contributed by atoms with E-state index in [-0.39, 0.29) is 24.0 Å². The van der Waals surface area contributed by atoms with Crippen molar-refractivity contribution in [3.63, 3.8) is 0 Å². The Morgan fingerprint density at radius 2 is 1.87 bits per heavy atom. The van der Waals surface area contributed by atoms with Crippen LogP contribution in [0.3, 0.4) is 0 Å². The zero-order valence-corrected chi connectivity index (χ0v) is 20.0. The highest BCUT2D eigenvalue weighted by molar-refractivity contribution is 7.90. The molecule has 0 aromatic carbocycles. The number of aromatic amines is 1. The van der Waals surface area contributed by atoms with E-state index in [9.17, 15) is 14.1 Å². The third-order valence-electron chi connectivity index (χ3n) is 4.57. The van der Waals surface area contributed by atoms with E-state index in [0.29, 0.717) is 51.6 Å². The standard InChI is InChI=1S/C19H36N6O5S/c1-6-29-11-12-30-10-9-20-15(26)8-7-13-31(28)23-17(27)19(4,5)14-18(2,3)16-21-24-25-22-16/h6-14H2,1-5H3,(H,20,26)(H,23,27)(H,21,22,24,25). The maximum Gasteiger partial charge on any atom is 0.266 e. The second kappa shape index (κ2) is 13.6. The molecule has 0 radical (unpaired) electrons. The van der Waals surface area contributed by atoms with Gasteiger partial charge < -0.3 is 19.3 Å². The van der Waals surface area contributed by atoms with Gasteiger partial charge in [0.1, 0.15) is 5.75 Å². The molecule has 0 aliphatic heterocycles. The summed E-state index contributed by atoms with van der Waals surface area (Å²) in [6.45, 7) is 11.9. The number of hydrogen-bond donors (Lipinski definition) is 3. The van der Waals surface area contributed by atoms with Crippen LogP contribution in [0.4, 0.5) is 0 Å². The zero-order valence-electron chi connectivity index (χ0n) is 19.2. The van der Waals surface area contributed by atoms with Crippen LogP contribution in [-0.4, -0.2) is 75.7 Å². The minimum atomic E-state index is -1.56. The average Bonchev–Trinajstić information content (AvgIpc) is 3.22. The molecule has 1 rings (SSSR count). The summed E-state index contributed by atoms with van der Waals surface area (Å²) in [4.78, 5) is 24.4. The van der Waals surface area contributed by atoms with Crippen LogP contribution in [0.1, 0.15) is 59.7 Å². The van der Waals surface area contributed by atoms with Gasteiger partial charge in [0.25, 0.3) is 5.91 Å². The molecule has 11 nitrogen and oxygen atoms in total. The first-order valence-electron chi connectivity index (χ1n) is 10.4. The molecule has 0 saturated heterocycles. The number of ether oxygens (including phenoxy) is 2. The molecular formula is C19H36N6O5S. The molecule has 178 valence electrons. The number of nitrogens with zero attached hydrogens (tertiary/aromatic N) is 3. The highest BCUT2D eigenvalue weighted by Crippen LogP contribution is 2.34. The molecule has 1 heterocycles. The first-order chi connectivity index (χ1) is 14.6. The Morgan fingerprint density at radius 3 is 2.52 bits per heavy atom. The summed E-state index contributed by atoms with van der Waals surface area (Å²) in [5, 5.41) is 16.6. The van der Waals surface area contributed by atoms with Gasteiger partial charge in [0, 0.05) is 36.8 Å².